The molecule has 0 bridgehead atoms. The standard InChI is InChI=1S/C20H18Cl2N6O2/c1-25(15-6-4-5-9-23-15)19-24-17-16(26(19)2)18(29)28(20(30)27(17)3)11-12-7-8-13(21)14(22)10-12/h4-10H,11H2,1-3H3. The first kappa shape index (κ1) is 20.2. The molecule has 0 radical (unpaired) electrons. The first-order chi connectivity index (χ1) is 14.3. The molecule has 0 unspecified atom stereocenters. The Morgan fingerprint density at radius 3 is 2.47 bits per heavy atom. The molecule has 154 valence electrons. The average Bonchev–Trinajstić information content (AvgIpc) is 3.09. The summed E-state index contributed by atoms with van der Waals surface area (Å²) in [6.45, 7) is 0.0644. The number of fused-ring (bicyclic) bond motifs is 1. The molecule has 0 fully saturated rings. The van der Waals surface area contributed by atoms with Crippen molar-refractivity contribution in [1.29, 1.82) is 0 Å². The molecule has 0 amide bonds. The molecule has 1 aromatic carbocycles. The molecule has 0 spiro atoms. The third-order valence-electron chi connectivity index (χ3n) is 4.95. The van der Waals surface area contributed by atoms with Crippen molar-refractivity contribution in [2.75, 3.05) is 11.9 Å². The van der Waals surface area contributed by atoms with Gasteiger partial charge in [0.25, 0.3) is 5.56 Å². The molecule has 0 saturated heterocycles. The summed E-state index contributed by atoms with van der Waals surface area (Å²) in [7, 11) is 5.13. The lowest BCUT2D eigenvalue weighted by Crippen LogP contribution is -2.39. The van der Waals surface area contributed by atoms with E-state index in [0.717, 1.165) is 4.57 Å². The smallest absolute Gasteiger partial charge is 0.307 e. The maximum absolute atomic E-state index is 13.2. The summed E-state index contributed by atoms with van der Waals surface area (Å²) in [5.41, 5.74) is 0.403. The van der Waals surface area contributed by atoms with Crippen LogP contribution < -0.4 is 16.1 Å². The van der Waals surface area contributed by atoms with Crippen molar-refractivity contribution in [3.05, 3.63) is 79.0 Å². The van der Waals surface area contributed by atoms with Crippen LogP contribution in [0.2, 0.25) is 10.0 Å². The van der Waals surface area contributed by atoms with Gasteiger partial charge >= 0.3 is 5.69 Å². The lowest BCUT2D eigenvalue weighted by Gasteiger charge is -2.16. The maximum Gasteiger partial charge on any atom is 0.332 e. The van der Waals surface area contributed by atoms with E-state index in [1.54, 1.807) is 55.0 Å². The van der Waals surface area contributed by atoms with Crippen LogP contribution in [-0.4, -0.2) is 30.7 Å². The Morgan fingerprint density at radius 2 is 1.80 bits per heavy atom. The summed E-state index contributed by atoms with van der Waals surface area (Å²) in [6.07, 6.45) is 1.68. The van der Waals surface area contributed by atoms with Gasteiger partial charge in [0.15, 0.2) is 11.2 Å². The zero-order valence-electron chi connectivity index (χ0n) is 16.5. The summed E-state index contributed by atoms with van der Waals surface area (Å²) in [6, 6.07) is 10.5. The van der Waals surface area contributed by atoms with Crippen LogP contribution >= 0.6 is 23.2 Å². The van der Waals surface area contributed by atoms with E-state index >= 15 is 0 Å². The quantitative estimate of drug-likeness (QED) is 0.483. The van der Waals surface area contributed by atoms with Crippen LogP contribution in [0, 0.1) is 0 Å². The molecule has 0 saturated carbocycles. The SMILES string of the molecule is CN(c1ccccn1)c1nc2c(c(=O)n(Cc3ccc(Cl)c(Cl)c3)c(=O)n2C)n1C. The number of imidazole rings is 1. The Hall–Kier alpha value is -3.10. The van der Waals surface area contributed by atoms with Crippen LogP contribution in [0.5, 0.6) is 0 Å². The Balaban J connectivity index is 1.88. The number of aromatic nitrogens is 5. The van der Waals surface area contributed by atoms with Crippen molar-refractivity contribution in [3.63, 3.8) is 0 Å². The molecule has 0 aliphatic rings. The number of rotatable bonds is 4. The zero-order chi connectivity index (χ0) is 21.6. The van der Waals surface area contributed by atoms with Gasteiger partial charge in [-0.15, -0.1) is 0 Å². The second-order valence-electron chi connectivity index (χ2n) is 6.87. The number of nitrogens with zero attached hydrogens (tertiary/aromatic N) is 6. The van der Waals surface area contributed by atoms with Gasteiger partial charge in [-0.1, -0.05) is 35.3 Å². The van der Waals surface area contributed by atoms with Gasteiger partial charge in [0, 0.05) is 27.3 Å². The topological polar surface area (TPSA) is 78.0 Å². The minimum atomic E-state index is -0.469. The minimum absolute atomic E-state index is 0.0644. The van der Waals surface area contributed by atoms with Crippen molar-refractivity contribution in [2.24, 2.45) is 14.1 Å². The lowest BCUT2D eigenvalue weighted by molar-refractivity contribution is 0.655. The van der Waals surface area contributed by atoms with Crippen molar-refractivity contribution < 1.29 is 0 Å². The van der Waals surface area contributed by atoms with E-state index in [0.29, 0.717) is 38.5 Å². The van der Waals surface area contributed by atoms with E-state index in [-0.39, 0.29) is 6.54 Å². The van der Waals surface area contributed by atoms with E-state index in [4.69, 9.17) is 23.2 Å². The molecule has 10 heteroatoms. The number of pyridine rings is 1. The van der Waals surface area contributed by atoms with Gasteiger partial charge in [0.05, 0.1) is 16.6 Å². The van der Waals surface area contributed by atoms with Crippen molar-refractivity contribution >= 4 is 46.1 Å². The summed E-state index contributed by atoms with van der Waals surface area (Å²) in [5, 5.41) is 0.768. The highest BCUT2D eigenvalue weighted by Gasteiger charge is 2.21. The molecule has 0 aliphatic carbocycles. The van der Waals surface area contributed by atoms with E-state index in [1.165, 1.54) is 4.57 Å². The normalized spacial score (nSPS) is 11.2. The van der Waals surface area contributed by atoms with Crippen molar-refractivity contribution in [2.45, 2.75) is 6.54 Å². The van der Waals surface area contributed by atoms with Gasteiger partial charge in [-0.05, 0) is 29.8 Å². The highest BCUT2D eigenvalue weighted by Crippen LogP contribution is 2.24. The number of hydrogen-bond acceptors (Lipinski definition) is 5. The van der Waals surface area contributed by atoms with Gasteiger partial charge in [-0.2, -0.15) is 4.98 Å². The van der Waals surface area contributed by atoms with Gasteiger partial charge < -0.3 is 4.57 Å². The predicted octanol–water partition coefficient (Wildman–Crippen LogP) is 2.95. The molecule has 8 nitrogen and oxygen atoms in total. The Bertz CT molecular complexity index is 1370. The number of hydrogen-bond donors (Lipinski definition) is 0. The third-order valence-corrected chi connectivity index (χ3v) is 5.69. The Morgan fingerprint density at radius 1 is 1.03 bits per heavy atom. The van der Waals surface area contributed by atoms with Gasteiger partial charge in [0.1, 0.15) is 5.82 Å². The Labute approximate surface area is 181 Å². The number of benzene rings is 1. The zero-order valence-corrected chi connectivity index (χ0v) is 18.0. The summed E-state index contributed by atoms with van der Waals surface area (Å²) in [4.78, 5) is 36.8. The molecule has 4 rings (SSSR count). The van der Waals surface area contributed by atoms with Gasteiger partial charge in [0.2, 0.25) is 5.95 Å². The molecule has 0 atom stereocenters. The summed E-state index contributed by atoms with van der Waals surface area (Å²) >= 11 is 12.0. The first-order valence-corrected chi connectivity index (χ1v) is 9.80. The number of anilines is 2. The second kappa shape index (κ2) is 7.62. The molecule has 3 heterocycles. The molecular formula is C20H18Cl2N6O2. The summed E-state index contributed by atoms with van der Waals surface area (Å²) in [5.74, 6) is 1.15. The van der Waals surface area contributed by atoms with Gasteiger partial charge in [-0.3, -0.25) is 18.8 Å². The van der Waals surface area contributed by atoms with Crippen molar-refractivity contribution in [1.82, 2.24) is 23.7 Å². The van der Waals surface area contributed by atoms with E-state index in [9.17, 15) is 9.59 Å². The van der Waals surface area contributed by atoms with Gasteiger partial charge in [-0.25, -0.2) is 9.78 Å². The largest absolute Gasteiger partial charge is 0.332 e. The fourth-order valence-electron chi connectivity index (χ4n) is 3.35. The van der Waals surface area contributed by atoms with Crippen LogP contribution in [0.4, 0.5) is 11.8 Å². The highest BCUT2D eigenvalue weighted by atomic mass is 35.5. The van der Waals surface area contributed by atoms with Crippen LogP contribution in [0.15, 0.2) is 52.2 Å². The molecule has 0 N–H and O–H groups in total. The van der Waals surface area contributed by atoms with E-state index in [1.807, 2.05) is 18.2 Å². The van der Waals surface area contributed by atoms with Crippen LogP contribution in [0.25, 0.3) is 11.2 Å². The lowest BCUT2D eigenvalue weighted by atomic mass is 10.2. The van der Waals surface area contributed by atoms with Crippen LogP contribution in [0.3, 0.4) is 0 Å². The average molecular weight is 445 g/mol. The molecule has 0 aliphatic heterocycles. The predicted molar refractivity (Wildman–Crippen MR) is 118 cm³/mol. The van der Waals surface area contributed by atoms with Crippen molar-refractivity contribution in [3.8, 4) is 0 Å². The van der Waals surface area contributed by atoms with E-state index in [2.05, 4.69) is 9.97 Å². The fourth-order valence-corrected chi connectivity index (χ4v) is 3.67. The maximum atomic E-state index is 13.2. The molecule has 4 aromatic rings. The highest BCUT2D eigenvalue weighted by molar-refractivity contribution is 6.42. The minimum Gasteiger partial charge on any atom is -0.307 e. The summed E-state index contributed by atoms with van der Waals surface area (Å²) < 4.78 is 4.19. The molecule has 30 heavy (non-hydrogen) atoms. The monoisotopic (exact) mass is 444 g/mol. The molecule has 3 aromatic heterocycles. The Kier molecular flexibility index (Phi) is 5.13. The number of aryl methyl sites for hydroxylation is 2. The van der Waals surface area contributed by atoms with Crippen LogP contribution in [-0.2, 0) is 20.6 Å². The molecular weight excluding hydrogens is 427 g/mol. The fraction of sp³-hybridized carbons (Fsp3) is 0.200. The van der Waals surface area contributed by atoms with E-state index < -0.39 is 11.2 Å². The number of halogens is 2. The second-order valence-corrected chi connectivity index (χ2v) is 7.69. The first-order valence-electron chi connectivity index (χ1n) is 9.04. The van der Waals surface area contributed by atoms with Crippen LogP contribution in [0.1, 0.15) is 5.56 Å². The third kappa shape index (κ3) is 3.28.